The fourth-order valence-electron chi connectivity index (χ4n) is 3.00. The number of nitrogens with zero attached hydrogens (tertiary/aromatic N) is 4. The molecular weight excluding hydrogens is 356 g/mol. The van der Waals surface area contributed by atoms with Crippen LogP contribution in [0.3, 0.4) is 0 Å². The van der Waals surface area contributed by atoms with E-state index in [4.69, 9.17) is 0 Å². The third kappa shape index (κ3) is 3.24. The van der Waals surface area contributed by atoms with E-state index in [1.807, 2.05) is 74.1 Å². The van der Waals surface area contributed by atoms with E-state index in [9.17, 15) is 4.79 Å². The van der Waals surface area contributed by atoms with Gasteiger partial charge >= 0.3 is 0 Å². The lowest BCUT2D eigenvalue weighted by molar-refractivity contribution is 0.0742. The molecule has 4 rings (SSSR count). The minimum Gasteiger partial charge on any atom is -0.333 e. The number of amides is 1. The molecule has 0 aliphatic carbocycles. The quantitative estimate of drug-likeness (QED) is 0.522. The normalized spacial score (nSPS) is 12.3. The SMILES string of the molecule is Cc1ccnn1-c1ccc(C(=O)N(C)[C@@H](C)c2nc3ccccc3s2)cc1. The summed E-state index contributed by atoms with van der Waals surface area (Å²) in [5.41, 5.74) is 3.62. The van der Waals surface area contributed by atoms with Crippen molar-refractivity contribution in [2.45, 2.75) is 19.9 Å². The van der Waals surface area contributed by atoms with E-state index in [0.717, 1.165) is 26.6 Å². The molecule has 1 atom stereocenters. The van der Waals surface area contributed by atoms with Crippen LogP contribution in [0.4, 0.5) is 0 Å². The summed E-state index contributed by atoms with van der Waals surface area (Å²) in [6.45, 7) is 4.01. The Hall–Kier alpha value is -2.99. The van der Waals surface area contributed by atoms with Crippen molar-refractivity contribution in [1.29, 1.82) is 0 Å². The molecule has 0 N–H and O–H groups in total. The second-order valence-corrected chi connectivity index (χ2v) is 7.61. The number of hydrogen-bond acceptors (Lipinski definition) is 4. The van der Waals surface area contributed by atoms with Crippen molar-refractivity contribution >= 4 is 27.5 Å². The maximum absolute atomic E-state index is 12.9. The minimum atomic E-state index is -0.0945. The van der Waals surface area contributed by atoms with Gasteiger partial charge in [0.05, 0.1) is 21.9 Å². The maximum atomic E-state index is 12.9. The predicted molar refractivity (Wildman–Crippen MR) is 108 cm³/mol. The topological polar surface area (TPSA) is 51.0 Å². The number of hydrogen-bond donors (Lipinski definition) is 0. The Morgan fingerprint density at radius 2 is 1.85 bits per heavy atom. The molecule has 136 valence electrons. The van der Waals surface area contributed by atoms with Gasteiger partial charge in [-0.15, -0.1) is 11.3 Å². The number of carbonyl (C=O) groups is 1. The van der Waals surface area contributed by atoms with E-state index in [-0.39, 0.29) is 11.9 Å². The largest absolute Gasteiger partial charge is 0.333 e. The van der Waals surface area contributed by atoms with E-state index in [0.29, 0.717) is 5.56 Å². The first-order valence-electron chi connectivity index (χ1n) is 8.78. The van der Waals surface area contributed by atoms with Crippen molar-refractivity contribution in [3.05, 3.63) is 77.1 Å². The molecule has 0 unspecified atom stereocenters. The molecule has 0 fully saturated rings. The number of benzene rings is 2. The molecule has 4 aromatic rings. The second-order valence-electron chi connectivity index (χ2n) is 6.54. The first-order valence-corrected chi connectivity index (χ1v) is 9.60. The summed E-state index contributed by atoms with van der Waals surface area (Å²) in [7, 11) is 1.82. The molecule has 2 aromatic heterocycles. The zero-order chi connectivity index (χ0) is 19.0. The molecule has 0 saturated carbocycles. The number of thiazole rings is 1. The van der Waals surface area contributed by atoms with Crippen LogP contribution in [0, 0.1) is 6.92 Å². The summed E-state index contributed by atoms with van der Waals surface area (Å²) in [6.07, 6.45) is 1.77. The van der Waals surface area contributed by atoms with Crippen molar-refractivity contribution in [1.82, 2.24) is 19.7 Å². The Morgan fingerprint density at radius 3 is 2.52 bits per heavy atom. The van der Waals surface area contributed by atoms with E-state index in [1.165, 1.54) is 0 Å². The molecule has 27 heavy (non-hydrogen) atoms. The van der Waals surface area contributed by atoms with Crippen LogP contribution in [0.1, 0.15) is 34.0 Å². The van der Waals surface area contributed by atoms with Crippen LogP contribution in [-0.4, -0.2) is 32.6 Å². The summed E-state index contributed by atoms with van der Waals surface area (Å²) in [6, 6.07) is 17.4. The summed E-state index contributed by atoms with van der Waals surface area (Å²) < 4.78 is 2.99. The first kappa shape index (κ1) is 17.4. The van der Waals surface area contributed by atoms with Gasteiger partial charge in [-0.1, -0.05) is 12.1 Å². The Balaban J connectivity index is 1.55. The van der Waals surface area contributed by atoms with Gasteiger partial charge in [-0.25, -0.2) is 9.67 Å². The highest BCUT2D eigenvalue weighted by Crippen LogP contribution is 2.29. The molecule has 2 heterocycles. The lowest BCUT2D eigenvalue weighted by atomic mass is 10.1. The average molecular weight is 376 g/mol. The van der Waals surface area contributed by atoms with Crippen LogP contribution < -0.4 is 0 Å². The van der Waals surface area contributed by atoms with Crippen molar-refractivity contribution in [2.24, 2.45) is 0 Å². The maximum Gasteiger partial charge on any atom is 0.254 e. The highest BCUT2D eigenvalue weighted by Gasteiger charge is 2.22. The monoisotopic (exact) mass is 376 g/mol. The van der Waals surface area contributed by atoms with Crippen LogP contribution >= 0.6 is 11.3 Å². The number of rotatable bonds is 4. The third-order valence-corrected chi connectivity index (χ3v) is 5.97. The highest BCUT2D eigenvalue weighted by atomic mass is 32.1. The van der Waals surface area contributed by atoms with Gasteiger partial charge in [0.2, 0.25) is 0 Å². The minimum absolute atomic E-state index is 0.0227. The Labute approximate surface area is 161 Å². The molecule has 0 aliphatic rings. The van der Waals surface area contributed by atoms with Gasteiger partial charge in [-0.05, 0) is 56.3 Å². The predicted octanol–water partition coefficient (Wildman–Crippen LogP) is 4.62. The lowest BCUT2D eigenvalue weighted by Gasteiger charge is -2.23. The molecule has 6 heteroatoms. The fourth-order valence-corrected chi connectivity index (χ4v) is 4.06. The summed E-state index contributed by atoms with van der Waals surface area (Å²) in [5.74, 6) is -0.0227. The number of carbonyl (C=O) groups excluding carboxylic acids is 1. The number of para-hydroxylation sites is 1. The number of fused-ring (bicyclic) bond motifs is 1. The smallest absolute Gasteiger partial charge is 0.254 e. The Kier molecular flexibility index (Phi) is 4.49. The average Bonchev–Trinajstić information content (AvgIpc) is 3.32. The Morgan fingerprint density at radius 1 is 1.11 bits per heavy atom. The molecule has 2 aromatic carbocycles. The van der Waals surface area contributed by atoms with E-state index in [1.54, 1.807) is 22.4 Å². The Bertz CT molecular complexity index is 1060. The van der Waals surface area contributed by atoms with E-state index >= 15 is 0 Å². The molecule has 5 nitrogen and oxygen atoms in total. The van der Waals surface area contributed by atoms with Crippen molar-refractivity contribution in [3.63, 3.8) is 0 Å². The zero-order valence-corrected chi connectivity index (χ0v) is 16.3. The molecule has 0 saturated heterocycles. The molecular formula is C21H20N4OS. The van der Waals surface area contributed by atoms with Crippen LogP contribution in [-0.2, 0) is 0 Å². The number of aromatic nitrogens is 3. The van der Waals surface area contributed by atoms with Gasteiger partial charge in [-0.2, -0.15) is 5.10 Å². The number of aryl methyl sites for hydroxylation is 1. The fraction of sp³-hybridized carbons (Fsp3) is 0.190. The molecule has 0 radical (unpaired) electrons. The zero-order valence-electron chi connectivity index (χ0n) is 15.5. The third-order valence-electron chi connectivity index (χ3n) is 4.76. The van der Waals surface area contributed by atoms with Crippen LogP contribution in [0.2, 0.25) is 0 Å². The van der Waals surface area contributed by atoms with Crippen molar-refractivity contribution in [3.8, 4) is 5.69 Å². The van der Waals surface area contributed by atoms with Gasteiger partial charge in [0.15, 0.2) is 0 Å². The van der Waals surface area contributed by atoms with Gasteiger partial charge in [-0.3, -0.25) is 4.79 Å². The van der Waals surface area contributed by atoms with Crippen LogP contribution in [0.5, 0.6) is 0 Å². The van der Waals surface area contributed by atoms with E-state index in [2.05, 4.69) is 16.1 Å². The first-order chi connectivity index (χ1) is 13.0. The van der Waals surface area contributed by atoms with Gasteiger partial charge in [0.1, 0.15) is 5.01 Å². The van der Waals surface area contributed by atoms with Crippen molar-refractivity contribution < 1.29 is 4.79 Å². The lowest BCUT2D eigenvalue weighted by Crippen LogP contribution is -2.29. The highest BCUT2D eigenvalue weighted by molar-refractivity contribution is 7.18. The molecule has 0 bridgehead atoms. The summed E-state index contributed by atoms with van der Waals surface area (Å²) in [4.78, 5) is 19.3. The molecule has 0 aliphatic heterocycles. The molecule has 1 amide bonds. The second kappa shape index (κ2) is 6.96. The van der Waals surface area contributed by atoms with Gasteiger partial charge in [0.25, 0.3) is 5.91 Å². The summed E-state index contributed by atoms with van der Waals surface area (Å²) >= 11 is 1.63. The van der Waals surface area contributed by atoms with Crippen molar-refractivity contribution in [2.75, 3.05) is 7.05 Å². The van der Waals surface area contributed by atoms with Gasteiger partial charge in [0, 0.05) is 24.5 Å². The van der Waals surface area contributed by atoms with Gasteiger partial charge < -0.3 is 4.90 Å². The molecule has 0 spiro atoms. The van der Waals surface area contributed by atoms with Crippen LogP contribution in [0.15, 0.2) is 60.8 Å². The van der Waals surface area contributed by atoms with Crippen LogP contribution in [0.25, 0.3) is 15.9 Å². The van der Waals surface area contributed by atoms with E-state index < -0.39 is 0 Å². The standard InChI is InChI=1S/C21H20N4OS/c1-14-12-13-22-25(14)17-10-8-16(9-11-17)21(26)24(3)15(2)20-23-18-6-4-5-7-19(18)27-20/h4-13,15H,1-3H3/t15-/m0/s1. The summed E-state index contributed by atoms with van der Waals surface area (Å²) in [5, 5.41) is 5.24.